The summed E-state index contributed by atoms with van der Waals surface area (Å²) in [5.41, 5.74) is 3.92. The number of carbonyl (C=O) groups excluding carboxylic acids is 2. The molecule has 0 aliphatic rings. The van der Waals surface area contributed by atoms with Gasteiger partial charge in [0.25, 0.3) is 0 Å². The van der Waals surface area contributed by atoms with Crippen molar-refractivity contribution in [2.45, 2.75) is 58.1 Å². The number of carbonyl (C=O) groups is 2. The number of aromatic nitrogens is 1. The van der Waals surface area contributed by atoms with Gasteiger partial charge in [0.1, 0.15) is 12.2 Å². The van der Waals surface area contributed by atoms with Crippen LogP contribution in [0.3, 0.4) is 0 Å². The maximum atomic E-state index is 12.6. The van der Waals surface area contributed by atoms with E-state index in [1.54, 1.807) is 38.0 Å². The van der Waals surface area contributed by atoms with Crippen LogP contribution in [0.15, 0.2) is 72.9 Å². The number of aliphatic hydroxyl groups excluding tert-OH is 1. The van der Waals surface area contributed by atoms with E-state index in [2.05, 4.69) is 15.1 Å². The van der Waals surface area contributed by atoms with Crippen molar-refractivity contribution in [2.24, 2.45) is 0 Å². The van der Waals surface area contributed by atoms with E-state index in [9.17, 15) is 14.7 Å². The summed E-state index contributed by atoms with van der Waals surface area (Å²) in [6.07, 6.45) is -0.323. The van der Waals surface area contributed by atoms with Crippen molar-refractivity contribution < 1.29 is 24.2 Å². The molecule has 1 heterocycles. The molecule has 0 aliphatic heterocycles. The molecule has 0 bridgehead atoms. The lowest BCUT2D eigenvalue weighted by atomic mass is 10.0. The molecule has 0 fully saturated rings. The number of nitrogens with zero attached hydrogens (tertiary/aromatic N) is 2. The number of aliphatic hydroxyl groups is 1. The topological polar surface area (TPSA) is 113 Å². The fourth-order valence-electron chi connectivity index (χ4n) is 3.53. The van der Waals surface area contributed by atoms with Crippen LogP contribution in [0.2, 0.25) is 0 Å². The Bertz CT molecular complexity index is 1090. The van der Waals surface area contributed by atoms with E-state index in [-0.39, 0.29) is 13.2 Å². The monoisotopic (exact) mass is 526 g/mol. The van der Waals surface area contributed by atoms with Gasteiger partial charge < -0.3 is 19.9 Å². The fraction of sp³-hybridized carbons (Fsp3) is 0.370. The number of hydrogen-bond acceptors (Lipinski definition) is 8. The normalized spacial score (nSPS) is 13.0. The number of rotatable bonds is 11. The van der Waals surface area contributed by atoms with Crippen LogP contribution in [0.25, 0.3) is 0 Å². The molecule has 3 N–H and O–H groups in total. The number of amides is 2. The van der Waals surface area contributed by atoms with Gasteiger partial charge >= 0.3 is 12.2 Å². The highest BCUT2D eigenvalue weighted by Gasteiger charge is 2.27. The summed E-state index contributed by atoms with van der Waals surface area (Å²) in [6, 6.07) is 20.2. The Labute approximate surface area is 221 Å². The molecule has 9 nitrogen and oxygen atoms in total. The summed E-state index contributed by atoms with van der Waals surface area (Å²) >= 11 is 1.25. The Morgan fingerprint density at radius 1 is 1.00 bits per heavy atom. The van der Waals surface area contributed by atoms with Gasteiger partial charge in [-0.2, -0.15) is 0 Å². The van der Waals surface area contributed by atoms with E-state index in [1.165, 1.54) is 11.5 Å². The molecule has 0 saturated carbocycles. The molecule has 0 spiro atoms. The van der Waals surface area contributed by atoms with Gasteiger partial charge in [0, 0.05) is 19.3 Å². The third-order valence-corrected chi connectivity index (χ3v) is 5.89. The summed E-state index contributed by atoms with van der Waals surface area (Å²) in [6.45, 7) is 5.78. The quantitative estimate of drug-likeness (QED) is 0.320. The molecule has 37 heavy (non-hydrogen) atoms. The first-order chi connectivity index (χ1) is 17.7. The molecule has 10 heteroatoms. The van der Waals surface area contributed by atoms with E-state index in [0.29, 0.717) is 13.0 Å². The maximum Gasteiger partial charge on any atom is 0.422 e. The van der Waals surface area contributed by atoms with E-state index in [4.69, 9.17) is 9.47 Å². The van der Waals surface area contributed by atoms with Gasteiger partial charge in [0.15, 0.2) is 0 Å². The largest absolute Gasteiger partial charge is 0.444 e. The summed E-state index contributed by atoms with van der Waals surface area (Å²) < 4.78 is 14.7. The van der Waals surface area contributed by atoms with E-state index >= 15 is 0 Å². The maximum absolute atomic E-state index is 12.6. The first-order valence-electron chi connectivity index (χ1n) is 12.0. The molecule has 0 aliphatic carbocycles. The summed E-state index contributed by atoms with van der Waals surface area (Å²) in [7, 11) is 0. The average molecular weight is 527 g/mol. The molecule has 0 unspecified atom stereocenters. The fourth-order valence-corrected chi connectivity index (χ4v) is 4.02. The second-order valence-electron chi connectivity index (χ2n) is 9.54. The van der Waals surface area contributed by atoms with E-state index in [1.807, 2.05) is 60.7 Å². The summed E-state index contributed by atoms with van der Waals surface area (Å²) in [4.78, 5) is 25.9. The average Bonchev–Trinajstić information content (AvgIpc) is 3.36. The minimum Gasteiger partial charge on any atom is -0.444 e. The van der Waals surface area contributed by atoms with E-state index < -0.39 is 29.9 Å². The molecule has 1 aromatic heterocycles. The van der Waals surface area contributed by atoms with Crippen molar-refractivity contribution in [2.75, 3.05) is 6.54 Å². The second-order valence-corrected chi connectivity index (χ2v) is 10.5. The SMILES string of the molecule is CC(C)(C)OC(=O)NN(Cc1ccccc1)C[C@H](O)[C@H](Cc1ccccc1)NC(=O)OCc1ccns1. The Morgan fingerprint density at radius 3 is 2.24 bits per heavy atom. The van der Waals surface area contributed by atoms with Gasteiger partial charge in [-0.05, 0) is 55.9 Å². The predicted octanol–water partition coefficient (Wildman–Crippen LogP) is 4.28. The first kappa shape index (κ1) is 28.1. The van der Waals surface area contributed by atoms with Gasteiger partial charge in [0.2, 0.25) is 0 Å². The zero-order valence-corrected chi connectivity index (χ0v) is 22.1. The predicted molar refractivity (Wildman–Crippen MR) is 142 cm³/mol. The van der Waals surface area contributed by atoms with Crippen LogP contribution in [0.4, 0.5) is 9.59 Å². The number of alkyl carbamates (subject to hydrolysis) is 1. The molecule has 0 saturated heterocycles. The van der Waals surface area contributed by atoms with Gasteiger partial charge in [-0.3, -0.25) is 5.43 Å². The molecule has 0 radical (unpaired) electrons. The number of ether oxygens (including phenoxy) is 2. The number of hydrazine groups is 1. The minimum atomic E-state index is -1.05. The van der Waals surface area contributed by atoms with Crippen LogP contribution in [-0.4, -0.2) is 51.0 Å². The molecule has 198 valence electrons. The van der Waals surface area contributed by atoms with Crippen molar-refractivity contribution in [3.8, 4) is 0 Å². The highest BCUT2D eigenvalue weighted by atomic mass is 32.1. The Kier molecular flexibility index (Phi) is 10.4. The Balaban J connectivity index is 1.72. The second kappa shape index (κ2) is 13.7. The zero-order chi connectivity index (χ0) is 26.7. The van der Waals surface area contributed by atoms with Crippen molar-refractivity contribution in [1.29, 1.82) is 0 Å². The van der Waals surface area contributed by atoms with Crippen molar-refractivity contribution in [3.63, 3.8) is 0 Å². The molecule has 2 atom stereocenters. The number of nitrogens with one attached hydrogen (secondary N) is 2. The molecule has 2 aromatic carbocycles. The van der Waals surface area contributed by atoms with Crippen molar-refractivity contribution in [3.05, 3.63) is 88.9 Å². The first-order valence-corrected chi connectivity index (χ1v) is 12.8. The third kappa shape index (κ3) is 10.6. The highest BCUT2D eigenvalue weighted by molar-refractivity contribution is 7.05. The summed E-state index contributed by atoms with van der Waals surface area (Å²) in [5.74, 6) is 0. The summed E-state index contributed by atoms with van der Waals surface area (Å²) in [5, 5.41) is 15.6. The minimum absolute atomic E-state index is 0.0285. The molecule has 3 aromatic rings. The van der Waals surface area contributed by atoms with Crippen LogP contribution in [0.1, 0.15) is 36.8 Å². The number of hydrogen-bond donors (Lipinski definition) is 3. The molecule has 2 amide bonds. The van der Waals surface area contributed by atoms with Gasteiger partial charge in [0.05, 0.1) is 17.0 Å². The van der Waals surface area contributed by atoms with Crippen molar-refractivity contribution >= 4 is 23.7 Å². The zero-order valence-electron chi connectivity index (χ0n) is 21.3. The highest BCUT2D eigenvalue weighted by Crippen LogP contribution is 2.12. The third-order valence-electron chi connectivity index (χ3n) is 5.17. The smallest absolute Gasteiger partial charge is 0.422 e. The standard InChI is InChI=1S/C27H34N4O5S/c1-27(2,3)36-26(34)30-31(17-21-12-8-5-9-13-21)18-24(32)23(16-20-10-6-4-7-11-20)29-25(33)35-19-22-14-15-28-37-22/h4-15,23-24,32H,16-19H2,1-3H3,(H,29,33)(H,30,34)/t23-,24-/m0/s1. The molecular weight excluding hydrogens is 492 g/mol. The van der Waals surface area contributed by atoms with Crippen LogP contribution in [0.5, 0.6) is 0 Å². The lowest BCUT2D eigenvalue weighted by molar-refractivity contribution is 0.0141. The lowest BCUT2D eigenvalue weighted by Gasteiger charge is -2.31. The van der Waals surface area contributed by atoms with Crippen molar-refractivity contribution in [1.82, 2.24) is 20.1 Å². The molecular formula is C27H34N4O5S. The molecule has 3 rings (SSSR count). The van der Waals surface area contributed by atoms with E-state index in [0.717, 1.165) is 16.0 Å². The van der Waals surface area contributed by atoms with Gasteiger partial charge in [-0.25, -0.2) is 19.0 Å². The van der Waals surface area contributed by atoms with Gasteiger partial charge in [-0.15, -0.1) is 0 Å². The number of benzene rings is 2. The van der Waals surface area contributed by atoms with Crippen LogP contribution < -0.4 is 10.7 Å². The van der Waals surface area contributed by atoms with Crippen LogP contribution >= 0.6 is 11.5 Å². The lowest BCUT2D eigenvalue weighted by Crippen LogP contribution is -2.53. The van der Waals surface area contributed by atoms with Crippen LogP contribution in [0, 0.1) is 0 Å². The Hall–Kier alpha value is -3.47. The van der Waals surface area contributed by atoms with Gasteiger partial charge in [-0.1, -0.05) is 60.7 Å². The Morgan fingerprint density at radius 2 is 1.65 bits per heavy atom. The van der Waals surface area contributed by atoms with Crippen LogP contribution in [-0.2, 0) is 29.0 Å².